The summed E-state index contributed by atoms with van der Waals surface area (Å²) in [4.78, 5) is 21.1. The molecule has 0 aliphatic carbocycles. The predicted octanol–water partition coefficient (Wildman–Crippen LogP) is 4.41. The van der Waals surface area contributed by atoms with Gasteiger partial charge >= 0.3 is 0 Å². The van der Waals surface area contributed by atoms with Crippen molar-refractivity contribution in [2.75, 3.05) is 10.6 Å². The Morgan fingerprint density at radius 2 is 1.81 bits per heavy atom. The van der Waals surface area contributed by atoms with Gasteiger partial charge in [0, 0.05) is 23.9 Å². The molecular weight excluding hydrogens is 343 g/mol. The van der Waals surface area contributed by atoms with Gasteiger partial charge in [0.25, 0.3) is 5.91 Å². The van der Waals surface area contributed by atoms with Crippen molar-refractivity contribution < 1.29 is 9.18 Å². The molecule has 3 rings (SSSR count). The van der Waals surface area contributed by atoms with Crippen molar-refractivity contribution in [3.8, 4) is 0 Å². The van der Waals surface area contributed by atoms with Gasteiger partial charge in [0.15, 0.2) is 0 Å². The van der Waals surface area contributed by atoms with E-state index < -0.39 is 0 Å². The highest BCUT2D eigenvalue weighted by Crippen LogP contribution is 2.18. The van der Waals surface area contributed by atoms with Crippen molar-refractivity contribution in [2.45, 2.75) is 27.3 Å². The quantitative estimate of drug-likeness (QED) is 0.704. The van der Waals surface area contributed by atoms with E-state index in [1.54, 1.807) is 31.2 Å². The molecule has 1 aromatic heterocycles. The molecule has 0 atom stereocenters. The molecule has 0 aliphatic rings. The number of benzene rings is 2. The number of hydrogen-bond donors (Lipinski definition) is 2. The van der Waals surface area contributed by atoms with E-state index in [0.29, 0.717) is 17.2 Å². The Bertz CT molecular complexity index is 988. The van der Waals surface area contributed by atoms with Gasteiger partial charge in [0.2, 0.25) is 0 Å². The minimum absolute atomic E-state index is 0.249. The van der Waals surface area contributed by atoms with E-state index in [2.05, 4.69) is 20.6 Å². The van der Waals surface area contributed by atoms with Crippen LogP contribution in [0.2, 0.25) is 0 Å². The topological polar surface area (TPSA) is 66.9 Å². The molecule has 1 heterocycles. The van der Waals surface area contributed by atoms with E-state index in [1.165, 1.54) is 6.07 Å². The van der Waals surface area contributed by atoms with Gasteiger partial charge in [-0.15, -0.1) is 0 Å². The third kappa shape index (κ3) is 4.67. The fourth-order valence-corrected chi connectivity index (χ4v) is 2.66. The molecule has 0 saturated heterocycles. The van der Waals surface area contributed by atoms with Crippen molar-refractivity contribution in [3.63, 3.8) is 0 Å². The number of carbonyl (C=O) groups excluding carboxylic acids is 1. The average Bonchev–Trinajstić information content (AvgIpc) is 2.63. The summed E-state index contributed by atoms with van der Waals surface area (Å²) < 4.78 is 13.8. The standard InChI is InChI=1S/C21H21FN4O/c1-13-8-9-14(2)18(10-13)26-21(27)19-11-20(25-15(3)24-19)23-12-16-6-4-5-7-17(16)22/h4-11H,12H2,1-3H3,(H,26,27)(H,23,24,25). The van der Waals surface area contributed by atoms with Crippen LogP contribution in [0.25, 0.3) is 0 Å². The Labute approximate surface area is 157 Å². The molecule has 138 valence electrons. The van der Waals surface area contributed by atoms with E-state index >= 15 is 0 Å². The maximum Gasteiger partial charge on any atom is 0.274 e. The molecule has 0 spiro atoms. The molecule has 5 nitrogen and oxygen atoms in total. The van der Waals surface area contributed by atoms with Gasteiger partial charge in [-0.2, -0.15) is 0 Å². The molecule has 2 N–H and O–H groups in total. The Morgan fingerprint density at radius 3 is 2.59 bits per heavy atom. The summed E-state index contributed by atoms with van der Waals surface area (Å²) in [7, 11) is 0. The number of aromatic nitrogens is 2. The van der Waals surface area contributed by atoms with Gasteiger partial charge in [-0.25, -0.2) is 14.4 Å². The Hall–Kier alpha value is -3.28. The lowest BCUT2D eigenvalue weighted by Gasteiger charge is -2.11. The van der Waals surface area contributed by atoms with Crippen LogP contribution in [-0.4, -0.2) is 15.9 Å². The van der Waals surface area contributed by atoms with Crippen LogP contribution in [0, 0.1) is 26.6 Å². The second kappa shape index (κ2) is 7.95. The van der Waals surface area contributed by atoms with Crippen LogP contribution in [0.1, 0.15) is 33.0 Å². The number of amides is 1. The Kier molecular flexibility index (Phi) is 5.45. The summed E-state index contributed by atoms with van der Waals surface area (Å²) in [5, 5.41) is 5.94. The average molecular weight is 364 g/mol. The minimum atomic E-state index is -0.317. The van der Waals surface area contributed by atoms with Crippen molar-refractivity contribution in [1.82, 2.24) is 9.97 Å². The fraction of sp³-hybridized carbons (Fsp3) is 0.190. The van der Waals surface area contributed by atoms with Crippen LogP contribution in [0.5, 0.6) is 0 Å². The number of hydrogen-bond acceptors (Lipinski definition) is 4. The third-order valence-electron chi connectivity index (χ3n) is 4.13. The zero-order valence-corrected chi connectivity index (χ0v) is 15.5. The number of nitrogens with zero attached hydrogens (tertiary/aromatic N) is 2. The number of aryl methyl sites for hydroxylation is 3. The van der Waals surface area contributed by atoms with Crippen molar-refractivity contribution in [2.24, 2.45) is 0 Å². The Balaban J connectivity index is 1.77. The first-order valence-electron chi connectivity index (χ1n) is 8.64. The van der Waals surface area contributed by atoms with Crippen LogP contribution in [0.15, 0.2) is 48.5 Å². The van der Waals surface area contributed by atoms with Gasteiger partial charge < -0.3 is 10.6 Å². The highest BCUT2D eigenvalue weighted by molar-refractivity contribution is 6.03. The second-order valence-corrected chi connectivity index (χ2v) is 6.40. The van der Waals surface area contributed by atoms with Gasteiger partial charge in [-0.3, -0.25) is 4.79 Å². The summed E-state index contributed by atoms with van der Waals surface area (Å²) in [5.74, 6) is 0.323. The summed E-state index contributed by atoms with van der Waals surface area (Å²) in [6.07, 6.45) is 0. The zero-order chi connectivity index (χ0) is 19.4. The first-order valence-corrected chi connectivity index (χ1v) is 8.64. The number of anilines is 2. The first-order chi connectivity index (χ1) is 12.9. The van der Waals surface area contributed by atoms with Crippen molar-refractivity contribution in [1.29, 1.82) is 0 Å². The van der Waals surface area contributed by atoms with Crippen LogP contribution in [-0.2, 0) is 6.54 Å². The molecule has 0 aliphatic heterocycles. The van der Waals surface area contributed by atoms with Gasteiger partial charge in [-0.05, 0) is 44.0 Å². The van der Waals surface area contributed by atoms with E-state index in [-0.39, 0.29) is 24.0 Å². The normalized spacial score (nSPS) is 10.5. The lowest BCUT2D eigenvalue weighted by molar-refractivity contribution is 0.102. The molecule has 6 heteroatoms. The zero-order valence-electron chi connectivity index (χ0n) is 15.5. The molecule has 27 heavy (non-hydrogen) atoms. The van der Waals surface area contributed by atoms with E-state index in [1.807, 2.05) is 32.0 Å². The molecule has 1 amide bonds. The SMILES string of the molecule is Cc1ccc(C)c(NC(=O)c2cc(NCc3ccccc3F)nc(C)n2)c1. The predicted molar refractivity (Wildman–Crippen MR) is 104 cm³/mol. The monoisotopic (exact) mass is 364 g/mol. The van der Waals surface area contributed by atoms with Gasteiger partial charge in [-0.1, -0.05) is 30.3 Å². The highest BCUT2D eigenvalue weighted by Gasteiger charge is 2.12. The lowest BCUT2D eigenvalue weighted by Crippen LogP contribution is -2.16. The number of carbonyl (C=O) groups is 1. The van der Waals surface area contributed by atoms with Crippen molar-refractivity contribution in [3.05, 3.63) is 82.6 Å². The summed E-state index contributed by atoms with van der Waals surface area (Å²) >= 11 is 0. The van der Waals surface area contributed by atoms with Crippen LogP contribution < -0.4 is 10.6 Å². The maximum absolute atomic E-state index is 13.8. The largest absolute Gasteiger partial charge is 0.366 e. The second-order valence-electron chi connectivity index (χ2n) is 6.40. The maximum atomic E-state index is 13.8. The van der Waals surface area contributed by atoms with Crippen LogP contribution in [0.4, 0.5) is 15.9 Å². The van der Waals surface area contributed by atoms with E-state index in [4.69, 9.17) is 0 Å². The smallest absolute Gasteiger partial charge is 0.274 e. The molecule has 2 aromatic carbocycles. The lowest BCUT2D eigenvalue weighted by atomic mass is 10.1. The molecule has 3 aromatic rings. The molecule has 0 bridgehead atoms. The Morgan fingerprint density at radius 1 is 1.04 bits per heavy atom. The van der Waals surface area contributed by atoms with Crippen molar-refractivity contribution >= 4 is 17.4 Å². The van der Waals surface area contributed by atoms with E-state index in [9.17, 15) is 9.18 Å². The summed E-state index contributed by atoms with van der Waals surface area (Å²) in [5.41, 5.74) is 3.55. The molecular formula is C21H21FN4O. The first kappa shape index (κ1) is 18.5. The number of halogens is 1. The van der Waals surface area contributed by atoms with Gasteiger partial charge in [0.05, 0.1) is 0 Å². The molecule has 0 saturated carbocycles. The highest BCUT2D eigenvalue weighted by atomic mass is 19.1. The van der Waals surface area contributed by atoms with Crippen LogP contribution >= 0.6 is 0 Å². The molecule has 0 fully saturated rings. The number of rotatable bonds is 5. The van der Waals surface area contributed by atoms with Gasteiger partial charge in [0.1, 0.15) is 23.2 Å². The third-order valence-corrected chi connectivity index (χ3v) is 4.13. The molecule has 0 radical (unpaired) electrons. The minimum Gasteiger partial charge on any atom is -0.366 e. The fourth-order valence-electron chi connectivity index (χ4n) is 2.66. The number of nitrogens with one attached hydrogen (secondary N) is 2. The summed E-state index contributed by atoms with van der Waals surface area (Å²) in [6, 6.07) is 13.9. The van der Waals surface area contributed by atoms with E-state index in [0.717, 1.165) is 16.8 Å². The van der Waals surface area contributed by atoms with Crippen LogP contribution in [0.3, 0.4) is 0 Å². The summed E-state index contributed by atoms with van der Waals surface area (Å²) in [6.45, 7) is 5.88. The molecule has 0 unspecified atom stereocenters.